The number of rotatable bonds is 9. The molecule has 242 valence electrons. The van der Waals surface area contributed by atoms with E-state index in [0.717, 1.165) is 40.7 Å². The van der Waals surface area contributed by atoms with Crippen LogP contribution >= 0.6 is 0 Å². The van der Waals surface area contributed by atoms with Crippen LogP contribution in [0.1, 0.15) is 43.0 Å². The van der Waals surface area contributed by atoms with Gasteiger partial charge in [0.05, 0.1) is 26.6 Å². The molecule has 0 N–H and O–H groups in total. The van der Waals surface area contributed by atoms with E-state index in [1.165, 1.54) is 10.5 Å². The van der Waals surface area contributed by atoms with Crippen LogP contribution < -0.4 is 9.64 Å². The summed E-state index contributed by atoms with van der Waals surface area (Å²) in [5.74, 6) is 0.615. The van der Waals surface area contributed by atoms with Crippen molar-refractivity contribution >= 4 is 27.3 Å². The normalized spacial score (nSPS) is 12.7. The summed E-state index contributed by atoms with van der Waals surface area (Å²) in [5, 5.41) is 0. The van der Waals surface area contributed by atoms with Gasteiger partial charge < -0.3 is 4.74 Å². The number of fused-ring (bicyclic) bond motifs is 1. The number of ether oxygens (including phenoxy) is 1. The topological polar surface area (TPSA) is 80.8 Å². The van der Waals surface area contributed by atoms with Crippen molar-refractivity contribution in [2.75, 3.05) is 4.90 Å². The molecule has 0 saturated heterocycles. The molecule has 1 heterocycles. The summed E-state index contributed by atoms with van der Waals surface area (Å²) in [6, 6.07) is 42.3. The zero-order chi connectivity index (χ0) is 34.1. The first-order chi connectivity index (χ1) is 23.7. The first-order valence-corrected chi connectivity index (χ1v) is 17.5. The number of hydrogen-bond donors (Lipinski definition) is 0. The summed E-state index contributed by atoms with van der Waals surface area (Å²) in [5.41, 5.74) is 7.68. The molecule has 0 radical (unpaired) electrons. The lowest BCUT2D eigenvalue weighted by atomic mass is 9.98. The molecule has 0 bridgehead atoms. The Bertz CT molecular complexity index is 2280. The van der Waals surface area contributed by atoms with Crippen LogP contribution in [0.2, 0.25) is 0 Å². The Hall–Kier alpha value is -5.79. The predicted octanol–water partition coefficient (Wildman–Crippen LogP) is 9.18. The van der Waals surface area contributed by atoms with E-state index in [2.05, 4.69) is 12.1 Å². The van der Waals surface area contributed by atoms with Gasteiger partial charge in [-0.3, -0.25) is 9.59 Å². The van der Waals surface area contributed by atoms with Gasteiger partial charge in [-0.2, -0.15) is 0 Å². The molecule has 7 heteroatoms. The number of carbonyl (C=O) groups is 2. The lowest BCUT2D eigenvalue weighted by Gasteiger charge is -2.13. The van der Waals surface area contributed by atoms with Crippen molar-refractivity contribution in [1.29, 1.82) is 0 Å². The Labute approximate surface area is 286 Å². The third kappa shape index (κ3) is 6.53. The number of aryl methyl sites for hydroxylation is 4. The van der Waals surface area contributed by atoms with Crippen LogP contribution in [-0.2, 0) is 22.7 Å². The van der Waals surface area contributed by atoms with E-state index < -0.39 is 9.84 Å². The Kier molecular flexibility index (Phi) is 8.45. The number of amides is 2. The molecule has 0 aliphatic carbocycles. The molecule has 6 aromatic carbocycles. The zero-order valence-corrected chi connectivity index (χ0v) is 27.9. The van der Waals surface area contributed by atoms with Gasteiger partial charge in [0.1, 0.15) is 11.5 Å². The van der Waals surface area contributed by atoms with Gasteiger partial charge >= 0.3 is 0 Å². The number of carbonyl (C=O) groups excluding carboxylic acids is 2. The van der Waals surface area contributed by atoms with E-state index in [9.17, 15) is 18.0 Å². The molecule has 49 heavy (non-hydrogen) atoms. The van der Waals surface area contributed by atoms with Crippen molar-refractivity contribution in [3.05, 3.63) is 173 Å². The van der Waals surface area contributed by atoms with Crippen LogP contribution in [0.4, 0.5) is 5.69 Å². The number of nitrogens with zero attached hydrogens (tertiary/aromatic N) is 1. The van der Waals surface area contributed by atoms with Crippen LogP contribution in [0.15, 0.2) is 149 Å². The number of hydrogen-bond acceptors (Lipinski definition) is 5. The quantitative estimate of drug-likeness (QED) is 0.144. The van der Waals surface area contributed by atoms with Crippen molar-refractivity contribution in [2.45, 2.75) is 36.5 Å². The van der Waals surface area contributed by atoms with E-state index in [1.54, 1.807) is 66.7 Å². The number of imide groups is 1. The van der Waals surface area contributed by atoms with Crippen LogP contribution in [-0.4, -0.2) is 20.2 Å². The first-order valence-electron chi connectivity index (χ1n) is 16.0. The molecule has 0 fully saturated rings. The summed E-state index contributed by atoms with van der Waals surface area (Å²) < 4.78 is 31.9. The highest BCUT2D eigenvalue weighted by atomic mass is 32.2. The fourth-order valence-corrected chi connectivity index (χ4v) is 7.16. The highest BCUT2D eigenvalue weighted by Crippen LogP contribution is 2.32. The van der Waals surface area contributed by atoms with Crippen molar-refractivity contribution in [3.8, 4) is 22.6 Å². The third-order valence-electron chi connectivity index (χ3n) is 8.79. The first kappa shape index (κ1) is 31.8. The fourth-order valence-electron chi connectivity index (χ4n) is 5.90. The minimum absolute atomic E-state index is 0.219. The van der Waals surface area contributed by atoms with E-state index in [1.807, 2.05) is 74.5 Å². The Morgan fingerprint density at radius 3 is 1.53 bits per heavy atom. The number of anilines is 1. The fraction of sp³-hybridized carbons (Fsp3) is 0.0952. The molecule has 0 saturated carbocycles. The maximum absolute atomic E-state index is 13.2. The smallest absolute Gasteiger partial charge is 0.266 e. The van der Waals surface area contributed by atoms with E-state index >= 15 is 0 Å². The molecule has 1 aliphatic heterocycles. The van der Waals surface area contributed by atoms with Gasteiger partial charge in [-0.25, -0.2) is 13.3 Å². The highest BCUT2D eigenvalue weighted by molar-refractivity contribution is 7.91. The second-order valence-corrected chi connectivity index (χ2v) is 14.2. The molecule has 6 nitrogen and oxygen atoms in total. The molecule has 0 spiro atoms. The average molecular weight is 664 g/mol. The van der Waals surface area contributed by atoms with Crippen LogP contribution in [0.25, 0.3) is 11.1 Å². The van der Waals surface area contributed by atoms with Crippen molar-refractivity contribution in [3.63, 3.8) is 0 Å². The lowest BCUT2D eigenvalue weighted by Crippen LogP contribution is -2.29. The minimum atomic E-state index is -3.60. The molecular weight excluding hydrogens is 631 g/mol. The summed E-state index contributed by atoms with van der Waals surface area (Å²) in [4.78, 5) is 28.0. The van der Waals surface area contributed by atoms with Crippen LogP contribution in [0, 0.1) is 13.8 Å². The second-order valence-electron chi connectivity index (χ2n) is 12.3. The van der Waals surface area contributed by atoms with E-state index in [-0.39, 0.29) is 21.6 Å². The predicted molar refractivity (Wildman–Crippen MR) is 191 cm³/mol. The molecule has 7 rings (SSSR count). The summed E-state index contributed by atoms with van der Waals surface area (Å²) in [6.07, 6.45) is 1.69. The Morgan fingerprint density at radius 2 is 0.959 bits per heavy atom. The summed E-state index contributed by atoms with van der Waals surface area (Å²) in [7, 11) is -3.60. The third-order valence-corrected chi connectivity index (χ3v) is 10.6. The largest absolute Gasteiger partial charge is 0.457 e. The molecular formula is C42H33NO5S. The summed E-state index contributed by atoms with van der Waals surface area (Å²) >= 11 is 0. The van der Waals surface area contributed by atoms with Crippen molar-refractivity contribution in [1.82, 2.24) is 0 Å². The second kappa shape index (κ2) is 13.0. The van der Waals surface area contributed by atoms with Gasteiger partial charge in [-0.05, 0) is 122 Å². The van der Waals surface area contributed by atoms with E-state index in [0.29, 0.717) is 28.3 Å². The van der Waals surface area contributed by atoms with Crippen LogP contribution in [0.5, 0.6) is 11.5 Å². The number of sulfone groups is 1. The van der Waals surface area contributed by atoms with Crippen molar-refractivity contribution < 1.29 is 22.7 Å². The Balaban J connectivity index is 0.955. The van der Waals surface area contributed by atoms with Gasteiger partial charge in [0.25, 0.3) is 11.8 Å². The lowest BCUT2D eigenvalue weighted by molar-refractivity contribution is 0.0926. The average Bonchev–Trinajstić information content (AvgIpc) is 3.37. The molecule has 1 aliphatic rings. The standard InChI is InChI=1S/C42H33NO5S/c1-28-3-16-34(17-4-28)43-41(44)39-26-15-33(27-40(39)42(43)45)32-13-9-30(10-14-32)7-8-31-11-18-35(19-12-31)48-36-20-24-38(25-21-36)49(46,47)37-22-5-29(2)6-23-37/h3-6,9-27H,7-8H2,1-2H3. The SMILES string of the molecule is Cc1ccc(N2C(=O)c3ccc(-c4ccc(CCc5ccc(Oc6ccc(S(=O)(=O)c7ccc(C)cc7)cc6)cc5)cc4)cc3C2=O)cc1. The zero-order valence-electron chi connectivity index (χ0n) is 27.1. The van der Waals surface area contributed by atoms with Gasteiger partial charge in [0.15, 0.2) is 0 Å². The maximum Gasteiger partial charge on any atom is 0.266 e. The van der Waals surface area contributed by atoms with Crippen LogP contribution in [0.3, 0.4) is 0 Å². The molecule has 0 unspecified atom stereocenters. The van der Waals surface area contributed by atoms with Gasteiger partial charge in [-0.1, -0.05) is 77.9 Å². The molecule has 0 aromatic heterocycles. The van der Waals surface area contributed by atoms with Gasteiger partial charge in [0.2, 0.25) is 9.84 Å². The Morgan fingerprint density at radius 1 is 0.510 bits per heavy atom. The monoisotopic (exact) mass is 663 g/mol. The molecule has 0 atom stereocenters. The van der Waals surface area contributed by atoms with E-state index in [4.69, 9.17) is 4.74 Å². The highest BCUT2D eigenvalue weighted by Gasteiger charge is 2.36. The maximum atomic E-state index is 13.2. The number of benzene rings is 6. The summed E-state index contributed by atoms with van der Waals surface area (Å²) in [6.45, 7) is 3.88. The van der Waals surface area contributed by atoms with Gasteiger partial charge in [-0.15, -0.1) is 0 Å². The van der Waals surface area contributed by atoms with Crippen molar-refractivity contribution in [2.24, 2.45) is 0 Å². The minimum Gasteiger partial charge on any atom is -0.457 e. The van der Waals surface area contributed by atoms with Gasteiger partial charge in [0, 0.05) is 0 Å². The molecule has 6 aromatic rings. The molecule has 2 amide bonds.